The summed E-state index contributed by atoms with van der Waals surface area (Å²) < 4.78 is 40.1. The van der Waals surface area contributed by atoms with Crippen LogP contribution in [0.2, 0.25) is 0 Å². The Morgan fingerprint density at radius 2 is 2.11 bits per heavy atom. The lowest BCUT2D eigenvalue weighted by atomic mass is 9.84. The van der Waals surface area contributed by atoms with Crippen LogP contribution in [0.5, 0.6) is 0 Å². The number of amides is 1. The summed E-state index contributed by atoms with van der Waals surface area (Å²) >= 11 is 1.71. The van der Waals surface area contributed by atoms with E-state index in [0.717, 1.165) is 0 Å². The molecule has 3 nitrogen and oxygen atoms in total. The fourth-order valence-corrected chi connectivity index (χ4v) is 3.83. The van der Waals surface area contributed by atoms with Crippen molar-refractivity contribution < 1.29 is 18.0 Å². The standard InChI is InChI=1S/C12H19F3N2OS/c1-8-9(2)19-6-5-17(8)10(18)11(12(13,14)15)3-4-16-7-11/h8-9,16H,3-7H2,1-2H3. The molecular weight excluding hydrogens is 277 g/mol. The molecule has 0 radical (unpaired) electrons. The third-order valence-electron chi connectivity index (χ3n) is 4.25. The number of nitrogens with zero attached hydrogens (tertiary/aromatic N) is 1. The zero-order chi connectivity index (χ0) is 14.3. The van der Waals surface area contributed by atoms with Gasteiger partial charge in [-0.15, -0.1) is 0 Å². The predicted octanol–water partition coefficient (Wildman–Crippen LogP) is 1.88. The van der Waals surface area contributed by atoms with Crippen LogP contribution in [0.3, 0.4) is 0 Å². The van der Waals surface area contributed by atoms with Crippen LogP contribution in [0.1, 0.15) is 20.3 Å². The zero-order valence-corrected chi connectivity index (χ0v) is 11.9. The molecule has 2 aliphatic heterocycles. The van der Waals surface area contributed by atoms with E-state index in [0.29, 0.717) is 12.3 Å². The Morgan fingerprint density at radius 1 is 1.42 bits per heavy atom. The molecule has 7 heteroatoms. The monoisotopic (exact) mass is 296 g/mol. The molecule has 1 amide bonds. The minimum Gasteiger partial charge on any atom is -0.337 e. The average Bonchev–Trinajstić information content (AvgIpc) is 2.81. The Bertz CT molecular complexity index is 355. The molecule has 0 aromatic carbocycles. The number of nitrogens with one attached hydrogen (secondary N) is 1. The van der Waals surface area contributed by atoms with Gasteiger partial charge in [-0.1, -0.05) is 6.92 Å². The number of carbonyl (C=O) groups is 1. The highest BCUT2D eigenvalue weighted by molar-refractivity contribution is 8.00. The summed E-state index contributed by atoms with van der Waals surface area (Å²) in [5, 5.41) is 2.87. The van der Waals surface area contributed by atoms with E-state index in [9.17, 15) is 18.0 Å². The highest BCUT2D eigenvalue weighted by Gasteiger charge is 2.63. The number of carbonyl (C=O) groups excluding carboxylic acids is 1. The van der Waals surface area contributed by atoms with Crippen molar-refractivity contribution in [2.75, 3.05) is 25.4 Å². The number of halogens is 3. The second-order valence-corrected chi connectivity index (χ2v) is 6.81. The molecule has 2 fully saturated rings. The third-order valence-corrected chi connectivity index (χ3v) is 5.59. The first-order valence-electron chi connectivity index (χ1n) is 6.50. The average molecular weight is 296 g/mol. The summed E-state index contributed by atoms with van der Waals surface area (Å²) in [5.74, 6) is -0.0387. The largest absolute Gasteiger partial charge is 0.404 e. The minimum absolute atomic E-state index is 0.147. The van der Waals surface area contributed by atoms with Gasteiger partial charge in [0.05, 0.1) is 0 Å². The van der Waals surface area contributed by atoms with Crippen LogP contribution in [0, 0.1) is 5.41 Å². The molecule has 0 spiro atoms. The van der Waals surface area contributed by atoms with Crippen LogP contribution < -0.4 is 5.32 Å². The van der Waals surface area contributed by atoms with Crippen molar-refractivity contribution in [2.24, 2.45) is 5.41 Å². The Kier molecular flexibility index (Phi) is 4.07. The summed E-state index contributed by atoms with van der Waals surface area (Å²) in [5.41, 5.74) is -2.22. The van der Waals surface area contributed by atoms with Crippen molar-refractivity contribution in [2.45, 2.75) is 37.7 Å². The molecule has 3 atom stereocenters. The van der Waals surface area contributed by atoms with Crippen LogP contribution in [0.25, 0.3) is 0 Å². The summed E-state index contributed by atoms with van der Waals surface area (Å²) in [6.45, 7) is 4.16. The van der Waals surface area contributed by atoms with Crippen LogP contribution >= 0.6 is 11.8 Å². The van der Waals surface area contributed by atoms with E-state index in [4.69, 9.17) is 0 Å². The van der Waals surface area contributed by atoms with E-state index in [1.807, 2.05) is 13.8 Å². The maximum atomic E-state index is 13.4. The Balaban J connectivity index is 2.25. The molecule has 2 heterocycles. The van der Waals surface area contributed by atoms with Crippen LogP contribution in [0.15, 0.2) is 0 Å². The van der Waals surface area contributed by atoms with Gasteiger partial charge in [0.15, 0.2) is 5.41 Å². The maximum Gasteiger partial charge on any atom is 0.404 e. The molecule has 0 aromatic rings. The molecule has 0 aromatic heterocycles. The number of alkyl halides is 3. The SMILES string of the molecule is CC1SCCN(C(=O)C2(C(F)(F)F)CCNC2)C1C. The van der Waals surface area contributed by atoms with Crippen molar-refractivity contribution in [1.82, 2.24) is 10.2 Å². The zero-order valence-electron chi connectivity index (χ0n) is 11.1. The molecule has 2 aliphatic rings. The summed E-state index contributed by atoms with van der Waals surface area (Å²) in [6, 6.07) is -0.147. The second-order valence-electron chi connectivity index (χ2n) is 5.32. The fourth-order valence-electron chi connectivity index (χ4n) is 2.73. The lowest BCUT2D eigenvalue weighted by Crippen LogP contribution is -2.58. The summed E-state index contributed by atoms with van der Waals surface area (Å²) in [7, 11) is 0. The van der Waals surface area contributed by atoms with Crippen LogP contribution in [-0.4, -0.2) is 53.7 Å². The fraction of sp³-hybridized carbons (Fsp3) is 0.917. The number of rotatable bonds is 1. The molecule has 3 unspecified atom stereocenters. The Hall–Kier alpha value is -0.430. The molecule has 19 heavy (non-hydrogen) atoms. The number of hydrogen-bond acceptors (Lipinski definition) is 3. The molecule has 2 rings (SSSR count). The van der Waals surface area contributed by atoms with Gasteiger partial charge in [0.2, 0.25) is 5.91 Å². The predicted molar refractivity (Wildman–Crippen MR) is 69.1 cm³/mol. The molecule has 0 saturated carbocycles. The van der Waals surface area contributed by atoms with Crippen molar-refractivity contribution >= 4 is 17.7 Å². The van der Waals surface area contributed by atoms with Crippen molar-refractivity contribution in [3.8, 4) is 0 Å². The maximum absolute atomic E-state index is 13.4. The van der Waals surface area contributed by atoms with Crippen molar-refractivity contribution in [3.05, 3.63) is 0 Å². The van der Waals surface area contributed by atoms with E-state index in [1.165, 1.54) is 4.90 Å². The summed E-state index contributed by atoms with van der Waals surface area (Å²) in [6.07, 6.45) is -4.64. The smallest absolute Gasteiger partial charge is 0.337 e. The molecule has 2 saturated heterocycles. The normalized spacial score (nSPS) is 36.6. The first-order chi connectivity index (χ1) is 8.79. The molecule has 110 valence electrons. The van der Waals surface area contributed by atoms with E-state index in [1.54, 1.807) is 11.8 Å². The van der Waals surface area contributed by atoms with E-state index in [2.05, 4.69) is 5.32 Å². The van der Waals surface area contributed by atoms with Crippen molar-refractivity contribution in [3.63, 3.8) is 0 Å². The highest BCUT2D eigenvalue weighted by Crippen LogP contribution is 2.45. The quantitative estimate of drug-likeness (QED) is 0.802. The Labute approximate surface area is 115 Å². The molecule has 1 N–H and O–H groups in total. The lowest BCUT2D eigenvalue weighted by Gasteiger charge is -2.42. The number of thioether (sulfide) groups is 1. The van der Waals surface area contributed by atoms with Gasteiger partial charge in [-0.05, 0) is 19.9 Å². The lowest BCUT2D eigenvalue weighted by molar-refractivity contribution is -0.222. The van der Waals surface area contributed by atoms with E-state index < -0.39 is 17.5 Å². The van der Waals surface area contributed by atoms with Gasteiger partial charge in [-0.25, -0.2) is 0 Å². The van der Waals surface area contributed by atoms with E-state index in [-0.39, 0.29) is 30.8 Å². The molecule has 0 bridgehead atoms. The third kappa shape index (κ3) is 2.46. The number of hydrogen-bond donors (Lipinski definition) is 1. The molecule has 0 aliphatic carbocycles. The van der Waals surface area contributed by atoms with E-state index >= 15 is 0 Å². The van der Waals surface area contributed by atoms with Gasteiger partial charge in [-0.3, -0.25) is 4.79 Å². The first kappa shape index (κ1) is 15.0. The first-order valence-corrected chi connectivity index (χ1v) is 7.54. The highest BCUT2D eigenvalue weighted by atomic mass is 32.2. The topological polar surface area (TPSA) is 32.3 Å². The Morgan fingerprint density at radius 3 is 2.63 bits per heavy atom. The summed E-state index contributed by atoms with van der Waals surface area (Å²) in [4.78, 5) is 13.9. The van der Waals surface area contributed by atoms with Gasteiger partial charge >= 0.3 is 6.18 Å². The van der Waals surface area contributed by atoms with Gasteiger partial charge in [0.25, 0.3) is 0 Å². The van der Waals surface area contributed by atoms with Gasteiger partial charge < -0.3 is 10.2 Å². The van der Waals surface area contributed by atoms with Crippen LogP contribution in [0.4, 0.5) is 13.2 Å². The minimum atomic E-state index is -4.48. The second kappa shape index (κ2) is 5.16. The molecular formula is C12H19F3N2OS. The van der Waals surface area contributed by atoms with Gasteiger partial charge in [-0.2, -0.15) is 24.9 Å². The van der Waals surface area contributed by atoms with Crippen molar-refractivity contribution in [1.29, 1.82) is 0 Å². The van der Waals surface area contributed by atoms with Crippen LogP contribution in [-0.2, 0) is 4.79 Å². The van der Waals surface area contributed by atoms with Gasteiger partial charge in [0.1, 0.15) is 0 Å². The van der Waals surface area contributed by atoms with Gasteiger partial charge in [0, 0.05) is 30.1 Å².